The van der Waals surface area contributed by atoms with Gasteiger partial charge in [-0.3, -0.25) is 0 Å². The van der Waals surface area contributed by atoms with Crippen molar-refractivity contribution < 1.29 is 17.3 Å². The molecule has 1 aromatic carbocycles. The average molecular weight is 325 g/mol. The normalized spacial score (nSPS) is 11.8. The van der Waals surface area contributed by atoms with Gasteiger partial charge in [-0.2, -0.15) is 13.4 Å². The van der Waals surface area contributed by atoms with Crippen LogP contribution in [0.2, 0.25) is 0 Å². The first-order valence-electron chi connectivity index (χ1n) is 6.05. The molecular weight excluding hydrogens is 316 g/mol. The zero-order chi connectivity index (χ0) is 15.9. The highest BCUT2D eigenvalue weighted by atomic mass is 32.2. The average Bonchev–Trinajstić information content (AvgIpc) is 2.90. The number of hydrogen-bond donors (Lipinski definition) is 0. The molecule has 3 aromatic rings. The highest BCUT2D eigenvalue weighted by molar-refractivity contribution is 7.92. The number of aromatic nitrogens is 4. The third-order valence-electron chi connectivity index (χ3n) is 2.81. The maximum atomic E-state index is 14.2. The first-order chi connectivity index (χ1) is 10.4. The van der Waals surface area contributed by atoms with Crippen molar-refractivity contribution in [1.29, 1.82) is 0 Å². The van der Waals surface area contributed by atoms with Gasteiger partial charge in [0, 0.05) is 11.9 Å². The van der Waals surface area contributed by atoms with Crippen LogP contribution >= 0.6 is 0 Å². The van der Waals surface area contributed by atoms with E-state index >= 15 is 0 Å². The summed E-state index contributed by atoms with van der Waals surface area (Å²) < 4.78 is 52.4. The molecule has 0 aliphatic rings. The van der Waals surface area contributed by atoms with E-state index in [1.165, 1.54) is 18.3 Å². The Morgan fingerprint density at radius 3 is 2.64 bits per heavy atom. The lowest BCUT2D eigenvalue weighted by atomic mass is 10.3. The minimum absolute atomic E-state index is 0.000471. The van der Waals surface area contributed by atoms with Gasteiger partial charge < -0.3 is 0 Å². The number of halogens is 2. The summed E-state index contributed by atoms with van der Waals surface area (Å²) in [6, 6.07) is 6.14. The summed E-state index contributed by atoms with van der Waals surface area (Å²) in [4.78, 5) is 7.64. The topological polar surface area (TPSA) is 80.5 Å². The first kappa shape index (κ1) is 14.3. The molecule has 0 fully saturated rings. The van der Waals surface area contributed by atoms with Crippen molar-refractivity contribution >= 4 is 21.5 Å². The van der Waals surface area contributed by atoms with E-state index in [-0.39, 0.29) is 5.78 Å². The van der Waals surface area contributed by atoms with Crippen molar-refractivity contribution in [3.8, 4) is 0 Å². The van der Waals surface area contributed by atoms with Gasteiger partial charge in [0.05, 0.1) is 0 Å². The van der Waals surface area contributed by atoms with Gasteiger partial charge in [0.15, 0.2) is 0 Å². The number of hydrogen-bond acceptors (Lipinski definition) is 5. The monoisotopic (exact) mass is 325 g/mol. The Hall–Kier alpha value is -2.62. The Bertz CT molecular complexity index is 957. The summed E-state index contributed by atoms with van der Waals surface area (Å²) in [5.74, 6) is -1.02. The second-order valence-electron chi connectivity index (χ2n) is 4.38. The maximum Gasteiger partial charge on any atom is 0.328 e. The fourth-order valence-corrected chi connectivity index (χ4v) is 2.69. The van der Waals surface area contributed by atoms with Gasteiger partial charge in [0.25, 0.3) is 10.9 Å². The van der Waals surface area contributed by atoms with Gasteiger partial charge in [-0.05, 0) is 25.1 Å². The quantitative estimate of drug-likeness (QED) is 0.684. The summed E-state index contributed by atoms with van der Waals surface area (Å²) >= 11 is 0. The molecule has 3 rings (SSSR count). The highest BCUT2D eigenvalue weighted by Crippen LogP contribution is 2.25. The third-order valence-corrected chi connectivity index (χ3v) is 4.06. The van der Waals surface area contributed by atoms with Crippen LogP contribution in [0.5, 0.6) is 0 Å². The number of benzene rings is 1. The zero-order valence-electron chi connectivity index (χ0n) is 11.2. The van der Waals surface area contributed by atoms with Crippen LogP contribution in [0.15, 0.2) is 41.7 Å². The zero-order valence-corrected chi connectivity index (χ0v) is 12.0. The number of anilines is 1. The first-order valence-corrected chi connectivity index (χ1v) is 7.49. The van der Waals surface area contributed by atoms with Crippen molar-refractivity contribution in [2.75, 3.05) is 4.53 Å². The predicted octanol–water partition coefficient (Wildman–Crippen LogP) is 1.65. The van der Waals surface area contributed by atoms with E-state index in [2.05, 4.69) is 15.1 Å². The van der Waals surface area contributed by atoms with Gasteiger partial charge in [-0.1, -0.05) is 21.1 Å². The van der Waals surface area contributed by atoms with Gasteiger partial charge >= 0.3 is 10.0 Å². The molecule has 0 atom stereocenters. The number of para-hydroxylation sites is 1. The van der Waals surface area contributed by atoms with Gasteiger partial charge in [-0.25, -0.2) is 13.9 Å². The molecule has 0 aliphatic carbocycles. The van der Waals surface area contributed by atoms with E-state index in [4.69, 9.17) is 0 Å². The Morgan fingerprint density at radius 2 is 1.91 bits per heavy atom. The van der Waals surface area contributed by atoms with Crippen LogP contribution < -0.4 is 4.53 Å². The van der Waals surface area contributed by atoms with E-state index in [1.807, 2.05) is 0 Å². The molecule has 0 radical (unpaired) electrons. The molecule has 0 amide bonds. The summed E-state index contributed by atoms with van der Waals surface area (Å²) in [6.45, 7) is 1.68. The van der Waals surface area contributed by atoms with Gasteiger partial charge in [0.1, 0.15) is 11.5 Å². The molecule has 7 nitrogen and oxygen atoms in total. The maximum absolute atomic E-state index is 14.2. The highest BCUT2D eigenvalue weighted by Gasteiger charge is 2.32. The fraction of sp³-hybridized carbons (Fsp3) is 0.0833. The van der Waals surface area contributed by atoms with E-state index in [9.17, 15) is 17.3 Å². The van der Waals surface area contributed by atoms with Crippen LogP contribution in [0.3, 0.4) is 0 Å². The van der Waals surface area contributed by atoms with Gasteiger partial charge in [-0.15, -0.1) is 5.10 Å². The van der Waals surface area contributed by atoms with E-state index in [0.717, 1.165) is 16.6 Å². The van der Waals surface area contributed by atoms with E-state index in [1.54, 1.807) is 13.0 Å². The second kappa shape index (κ2) is 4.98. The van der Waals surface area contributed by atoms with Crippen molar-refractivity contribution in [3.63, 3.8) is 0 Å². The number of aryl methyl sites for hydroxylation is 1. The molecule has 10 heteroatoms. The molecule has 0 saturated heterocycles. The molecule has 0 N–H and O–H groups in total. The molecule has 114 valence electrons. The van der Waals surface area contributed by atoms with Crippen LogP contribution in [0, 0.1) is 12.7 Å². The summed E-state index contributed by atoms with van der Waals surface area (Å²) in [5.41, 5.74) is -0.152. The van der Waals surface area contributed by atoms with Crippen LogP contribution in [-0.4, -0.2) is 28.0 Å². The molecule has 0 aliphatic heterocycles. The second-order valence-corrected chi connectivity index (χ2v) is 6.02. The van der Waals surface area contributed by atoms with Gasteiger partial charge in [0.2, 0.25) is 0 Å². The largest absolute Gasteiger partial charge is 0.328 e. The van der Waals surface area contributed by atoms with Crippen LogP contribution in [-0.2, 0) is 10.0 Å². The minimum Gasteiger partial charge on any atom is -0.216 e. The molecule has 0 unspecified atom stereocenters. The standard InChI is InChI=1S/C12H9F2N5O2S/c1-8-6-7-18-11(15-8)16-12(17-18)22(20,21)19(14)10-5-3-2-4-9(10)13/h2-7H,1H3. The summed E-state index contributed by atoms with van der Waals surface area (Å²) in [6.07, 6.45) is 1.44. The predicted molar refractivity (Wildman–Crippen MR) is 72.7 cm³/mol. The fourth-order valence-electron chi connectivity index (χ4n) is 1.75. The SMILES string of the molecule is Cc1ccn2nc(S(=O)(=O)N(F)c3ccccc3F)nc2n1. The Morgan fingerprint density at radius 1 is 1.18 bits per heavy atom. The minimum atomic E-state index is -4.75. The molecule has 2 heterocycles. The summed E-state index contributed by atoms with van der Waals surface area (Å²) in [5, 5.41) is 2.84. The number of fused-ring (bicyclic) bond motifs is 1. The number of sulfonamides is 1. The molecule has 2 aromatic heterocycles. The molecule has 0 bridgehead atoms. The number of rotatable bonds is 3. The lowest BCUT2D eigenvalue weighted by Gasteiger charge is -2.11. The van der Waals surface area contributed by atoms with Crippen molar-refractivity contribution in [2.24, 2.45) is 0 Å². The molecule has 0 saturated carbocycles. The van der Waals surface area contributed by atoms with Crippen molar-refractivity contribution in [1.82, 2.24) is 19.6 Å². The van der Waals surface area contributed by atoms with Crippen LogP contribution in [0.4, 0.5) is 14.6 Å². The lowest BCUT2D eigenvalue weighted by Crippen LogP contribution is -2.24. The smallest absolute Gasteiger partial charge is 0.216 e. The van der Waals surface area contributed by atoms with Crippen molar-refractivity contribution in [3.05, 3.63) is 48.0 Å². The van der Waals surface area contributed by atoms with Crippen molar-refractivity contribution in [2.45, 2.75) is 12.1 Å². The molecule has 0 spiro atoms. The number of nitrogens with zero attached hydrogens (tertiary/aromatic N) is 5. The lowest BCUT2D eigenvalue weighted by molar-refractivity contribution is 0.480. The molecular formula is C12H9F2N5O2S. The third kappa shape index (κ3) is 2.26. The summed E-state index contributed by atoms with van der Waals surface area (Å²) in [7, 11) is -4.75. The van der Waals surface area contributed by atoms with Crippen LogP contribution in [0.1, 0.15) is 5.69 Å². The Kier molecular flexibility index (Phi) is 3.24. The molecule has 22 heavy (non-hydrogen) atoms. The Labute approximate surface area is 123 Å². The van der Waals surface area contributed by atoms with E-state index < -0.39 is 31.2 Å². The van der Waals surface area contributed by atoms with Crippen LogP contribution in [0.25, 0.3) is 5.78 Å². The Balaban J connectivity index is 2.09. The van der Waals surface area contributed by atoms with E-state index in [0.29, 0.717) is 5.69 Å².